The highest BCUT2D eigenvalue weighted by Crippen LogP contribution is 2.23. The number of halogens is 1. The van der Waals surface area contributed by atoms with E-state index in [4.69, 9.17) is 11.6 Å². The normalized spacial score (nSPS) is 13.1. The highest BCUT2D eigenvalue weighted by Gasteiger charge is 2.14. The van der Waals surface area contributed by atoms with Crippen molar-refractivity contribution in [3.05, 3.63) is 64.2 Å². The number of aryl methyl sites for hydroxylation is 1. The molecule has 24 heavy (non-hydrogen) atoms. The summed E-state index contributed by atoms with van der Waals surface area (Å²) in [5.74, 6) is 0.0611. The molecule has 0 spiro atoms. The van der Waals surface area contributed by atoms with Crippen molar-refractivity contribution >= 4 is 29.1 Å². The van der Waals surface area contributed by atoms with Gasteiger partial charge in [0, 0.05) is 23.7 Å². The highest BCUT2D eigenvalue weighted by molar-refractivity contribution is 6.30. The first-order chi connectivity index (χ1) is 11.6. The topological polar surface area (TPSA) is 58.2 Å². The van der Waals surface area contributed by atoms with Crippen LogP contribution in [0.4, 0.5) is 5.69 Å². The molecule has 0 atom stereocenters. The Balaban J connectivity index is 1.49. The number of amides is 2. The van der Waals surface area contributed by atoms with E-state index in [-0.39, 0.29) is 11.8 Å². The van der Waals surface area contributed by atoms with Crippen LogP contribution in [-0.4, -0.2) is 18.4 Å². The van der Waals surface area contributed by atoms with Crippen molar-refractivity contribution in [3.63, 3.8) is 0 Å². The molecule has 4 nitrogen and oxygen atoms in total. The zero-order chi connectivity index (χ0) is 16.9. The van der Waals surface area contributed by atoms with Gasteiger partial charge in [-0.05, 0) is 47.7 Å². The SMILES string of the molecule is O=C(Cc1cccc(Cl)c1)NCCc1ccc2c(c1)CCC(=O)N2. The van der Waals surface area contributed by atoms with E-state index in [1.807, 2.05) is 24.3 Å². The fourth-order valence-corrected chi connectivity index (χ4v) is 3.05. The Morgan fingerprint density at radius 2 is 2.00 bits per heavy atom. The summed E-state index contributed by atoms with van der Waals surface area (Å²) in [7, 11) is 0. The lowest BCUT2D eigenvalue weighted by Gasteiger charge is -2.17. The van der Waals surface area contributed by atoms with E-state index in [1.165, 1.54) is 0 Å². The average molecular weight is 343 g/mol. The summed E-state index contributed by atoms with van der Waals surface area (Å²) >= 11 is 5.92. The van der Waals surface area contributed by atoms with Gasteiger partial charge in [0.15, 0.2) is 0 Å². The summed E-state index contributed by atoms with van der Waals surface area (Å²) in [5.41, 5.74) is 4.13. The molecular formula is C19H19ClN2O2. The fraction of sp³-hybridized carbons (Fsp3) is 0.263. The minimum Gasteiger partial charge on any atom is -0.355 e. The van der Waals surface area contributed by atoms with E-state index in [1.54, 1.807) is 12.1 Å². The van der Waals surface area contributed by atoms with Crippen molar-refractivity contribution in [3.8, 4) is 0 Å². The molecule has 2 amide bonds. The Morgan fingerprint density at radius 1 is 1.12 bits per heavy atom. The predicted molar refractivity (Wildman–Crippen MR) is 95.3 cm³/mol. The quantitative estimate of drug-likeness (QED) is 0.877. The molecule has 1 aliphatic heterocycles. The van der Waals surface area contributed by atoms with E-state index < -0.39 is 0 Å². The summed E-state index contributed by atoms with van der Waals surface area (Å²) < 4.78 is 0. The summed E-state index contributed by atoms with van der Waals surface area (Å²) in [4.78, 5) is 23.3. The number of carbonyl (C=O) groups is 2. The van der Waals surface area contributed by atoms with Crippen LogP contribution in [0, 0.1) is 0 Å². The van der Waals surface area contributed by atoms with Gasteiger partial charge < -0.3 is 10.6 Å². The number of hydrogen-bond donors (Lipinski definition) is 2. The molecule has 2 aromatic rings. The number of nitrogens with one attached hydrogen (secondary N) is 2. The average Bonchev–Trinajstić information content (AvgIpc) is 2.55. The Labute approximate surface area is 146 Å². The van der Waals surface area contributed by atoms with Crippen molar-refractivity contribution in [2.24, 2.45) is 0 Å². The third-order valence-corrected chi connectivity index (χ3v) is 4.29. The molecule has 0 radical (unpaired) electrons. The van der Waals surface area contributed by atoms with Crippen molar-refractivity contribution in [2.75, 3.05) is 11.9 Å². The van der Waals surface area contributed by atoms with E-state index in [0.717, 1.165) is 35.2 Å². The first kappa shape index (κ1) is 16.5. The molecule has 0 bridgehead atoms. The zero-order valence-electron chi connectivity index (χ0n) is 13.3. The molecule has 0 unspecified atom stereocenters. The Bertz CT molecular complexity index is 774. The van der Waals surface area contributed by atoms with Crippen LogP contribution in [0.5, 0.6) is 0 Å². The van der Waals surface area contributed by atoms with Gasteiger partial charge in [0.25, 0.3) is 0 Å². The van der Waals surface area contributed by atoms with Gasteiger partial charge >= 0.3 is 0 Å². The van der Waals surface area contributed by atoms with Crippen LogP contribution in [0.1, 0.15) is 23.1 Å². The predicted octanol–water partition coefficient (Wildman–Crippen LogP) is 3.13. The van der Waals surface area contributed by atoms with Gasteiger partial charge in [0.05, 0.1) is 6.42 Å². The second-order valence-electron chi connectivity index (χ2n) is 5.95. The standard InChI is InChI=1S/C19H19ClN2O2/c20-16-3-1-2-14(11-16)12-19(24)21-9-8-13-4-6-17-15(10-13)5-7-18(23)22-17/h1-4,6,10-11H,5,7-9,12H2,(H,21,24)(H,22,23). The molecule has 0 aliphatic carbocycles. The molecule has 2 aromatic carbocycles. The largest absolute Gasteiger partial charge is 0.355 e. The molecule has 3 rings (SSSR count). The number of anilines is 1. The first-order valence-electron chi connectivity index (χ1n) is 8.03. The smallest absolute Gasteiger partial charge is 0.224 e. The van der Waals surface area contributed by atoms with E-state index in [0.29, 0.717) is 24.4 Å². The van der Waals surface area contributed by atoms with Crippen LogP contribution in [0.25, 0.3) is 0 Å². The van der Waals surface area contributed by atoms with Gasteiger partial charge in [-0.3, -0.25) is 9.59 Å². The van der Waals surface area contributed by atoms with Gasteiger partial charge in [0.1, 0.15) is 0 Å². The maximum Gasteiger partial charge on any atom is 0.224 e. The first-order valence-corrected chi connectivity index (χ1v) is 8.41. The second-order valence-corrected chi connectivity index (χ2v) is 6.38. The Morgan fingerprint density at radius 3 is 2.83 bits per heavy atom. The summed E-state index contributed by atoms with van der Waals surface area (Å²) in [6, 6.07) is 13.4. The van der Waals surface area contributed by atoms with Crippen molar-refractivity contribution in [2.45, 2.75) is 25.7 Å². The molecule has 0 saturated carbocycles. The third-order valence-electron chi connectivity index (χ3n) is 4.05. The van der Waals surface area contributed by atoms with Crippen molar-refractivity contribution < 1.29 is 9.59 Å². The minimum atomic E-state index is -0.0116. The lowest BCUT2D eigenvalue weighted by Crippen LogP contribution is -2.27. The van der Waals surface area contributed by atoms with Gasteiger partial charge in [-0.25, -0.2) is 0 Å². The fourth-order valence-electron chi connectivity index (χ4n) is 2.83. The third kappa shape index (κ3) is 4.36. The Hall–Kier alpha value is -2.33. The Kier molecular flexibility index (Phi) is 5.16. The molecule has 1 heterocycles. The molecule has 2 N–H and O–H groups in total. The summed E-state index contributed by atoms with van der Waals surface area (Å²) in [6.45, 7) is 0.588. The van der Waals surface area contributed by atoms with Crippen LogP contribution < -0.4 is 10.6 Å². The monoisotopic (exact) mass is 342 g/mol. The lowest BCUT2D eigenvalue weighted by atomic mass is 9.99. The zero-order valence-corrected chi connectivity index (χ0v) is 14.0. The lowest BCUT2D eigenvalue weighted by molar-refractivity contribution is -0.120. The molecule has 0 aromatic heterocycles. The maximum atomic E-state index is 12.0. The number of hydrogen-bond acceptors (Lipinski definition) is 2. The van der Waals surface area contributed by atoms with Gasteiger partial charge in [0.2, 0.25) is 11.8 Å². The van der Waals surface area contributed by atoms with Crippen LogP contribution in [-0.2, 0) is 28.9 Å². The summed E-state index contributed by atoms with van der Waals surface area (Å²) in [6.07, 6.45) is 2.41. The molecule has 124 valence electrons. The maximum absolute atomic E-state index is 12.0. The van der Waals surface area contributed by atoms with Crippen LogP contribution in [0.3, 0.4) is 0 Å². The molecule has 0 saturated heterocycles. The van der Waals surface area contributed by atoms with E-state index in [2.05, 4.69) is 16.7 Å². The van der Waals surface area contributed by atoms with E-state index in [9.17, 15) is 9.59 Å². The number of fused-ring (bicyclic) bond motifs is 1. The van der Waals surface area contributed by atoms with E-state index >= 15 is 0 Å². The minimum absolute atomic E-state index is 0.0116. The summed E-state index contributed by atoms with van der Waals surface area (Å²) in [5, 5.41) is 6.45. The van der Waals surface area contributed by atoms with Crippen molar-refractivity contribution in [1.82, 2.24) is 5.32 Å². The molecule has 0 fully saturated rings. The van der Waals surface area contributed by atoms with Crippen LogP contribution >= 0.6 is 11.6 Å². The van der Waals surface area contributed by atoms with Gasteiger partial charge in [-0.15, -0.1) is 0 Å². The van der Waals surface area contributed by atoms with Crippen LogP contribution in [0.15, 0.2) is 42.5 Å². The van der Waals surface area contributed by atoms with Gasteiger partial charge in [-0.2, -0.15) is 0 Å². The van der Waals surface area contributed by atoms with Crippen molar-refractivity contribution in [1.29, 1.82) is 0 Å². The number of benzene rings is 2. The highest BCUT2D eigenvalue weighted by atomic mass is 35.5. The molecule has 1 aliphatic rings. The van der Waals surface area contributed by atoms with Gasteiger partial charge in [-0.1, -0.05) is 35.9 Å². The van der Waals surface area contributed by atoms with Crippen LogP contribution in [0.2, 0.25) is 5.02 Å². The molecule has 5 heteroatoms. The second kappa shape index (κ2) is 7.49. The number of rotatable bonds is 5. The number of carbonyl (C=O) groups excluding carboxylic acids is 2. The molecular weight excluding hydrogens is 324 g/mol.